The summed E-state index contributed by atoms with van der Waals surface area (Å²) in [5, 5.41) is 11.8. The van der Waals surface area contributed by atoms with Gasteiger partial charge in [-0.2, -0.15) is 0 Å². The Balaban J connectivity index is 1.79. The van der Waals surface area contributed by atoms with E-state index >= 15 is 0 Å². The van der Waals surface area contributed by atoms with Crippen LogP contribution >= 0.6 is 11.6 Å². The van der Waals surface area contributed by atoms with E-state index in [9.17, 15) is 14.7 Å². The molecular weight excluding hydrogens is 490 g/mol. The maximum absolute atomic E-state index is 13.4. The number of hydrogen-bond acceptors (Lipinski definition) is 5. The van der Waals surface area contributed by atoms with E-state index in [4.69, 9.17) is 21.1 Å². The number of carbonyl (C=O) groups excluding carboxylic acids is 2. The molecule has 1 atom stereocenters. The third-order valence-electron chi connectivity index (χ3n) is 6.43. The van der Waals surface area contributed by atoms with Crippen molar-refractivity contribution in [3.63, 3.8) is 0 Å². The van der Waals surface area contributed by atoms with Crippen LogP contribution in [-0.2, 0) is 9.59 Å². The molecule has 4 rings (SSSR count). The number of unbranched alkanes of at least 4 members (excludes halogenated alkanes) is 2. The van der Waals surface area contributed by atoms with Crippen LogP contribution in [-0.4, -0.2) is 30.5 Å². The lowest BCUT2D eigenvalue weighted by molar-refractivity contribution is -0.132. The second kappa shape index (κ2) is 11.5. The minimum absolute atomic E-state index is 0.00781. The van der Waals surface area contributed by atoms with Gasteiger partial charge >= 0.3 is 0 Å². The van der Waals surface area contributed by atoms with E-state index in [0.717, 1.165) is 24.8 Å². The van der Waals surface area contributed by atoms with E-state index in [1.165, 1.54) is 4.90 Å². The molecule has 6 nitrogen and oxygen atoms in total. The third-order valence-corrected chi connectivity index (χ3v) is 6.84. The number of rotatable bonds is 9. The van der Waals surface area contributed by atoms with Crippen molar-refractivity contribution in [2.45, 2.75) is 39.2 Å². The zero-order valence-electron chi connectivity index (χ0n) is 21.2. The highest BCUT2D eigenvalue weighted by atomic mass is 35.5. The summed E-state index contributed by atoms with van der Waals surface area (Å²) in [6, 6.07) is 18.3. The number of ether oxygens (including phenoxy) is 2. The summed E-state index contributed by atoms with van der Waals surface area (Å²) in [6.07, 6.45) is 3.16. The van der Waals surface area contributed by atoms with Crippen molar-refractivity contribution in [1.29, 1.82) is 0 Å². The summed E-state index contributed by atoms with van der Waals surface area (Å²) in [5.74, 6) is -0.544. The molecule has 192 valence electrons. The number of methoxy groups -OCH3 is 1. The quantitative estimate of drug-likeness (QED) is 0.145. The molecule has 1 aliphatic heterocycles. The van der Waals surface area contributed by atoms with Gasteiger partial charge in [0.2, 0.25) is 0 Å². The van der Waals surface area contributed by atoms with E-state index in [0.29, 0.717) is 39.9 Å². The predicted molar refractivity (Wildman–Crippen MR) is 145 cm³/mol. The van der Waals surface area contributed by atoms with E-state index in [2.05, 4.69) is 6.92 Å². The predicted octanol–water partition coefficient (Wildman–Crippen LogP) is 6.85. The Kier molecular flexibility index (Phi) is 8.19. The molecule has 3 aromatic rings. The molecule has 0 aromatic heterocycles. The SMILES string of the molecule is CCCCCOc1ccc(/C(O)=C2\C(=O)C(=O)N(c3ccc(C)c(Cl)c3)C2c2cccc(OC)c2)cc1. The standard InChI is InChI=1S/C30H30ClNO5/c1-4-5-6-16-37-23-14-11-20(12-15-23)28(33)26-27(21-8-7-9-24(17-21)36-3)32(30(35)29(26)34)22-13-10-19(2)25(31)18-22/h7-15,17-18,27,33H,4-6,16H2,1-3H3/b28-26+. The van der Waals surface area contributed by atoms with Crippen molar-refractivity contribution >= 4 is 34.7 Å². The van der Waals surface area contributed by atoms with Crippen molar-refractivity contribution < 1.29 is 24.2 Å². The fourth-order valence-electron chi connectivity index (χ4n) is 4.36. The molecule has 3 aromatic carbocycles. The Labute approximate surface area is 222 Å². The van der Waals surface area contributed by atoms with Crippen LogP contribution in [0.15, 0.2) is 72.3 Å². The summed E-state index contributed by atoms with van der Waals surface area (Å²) in [4.78, 5) is 28.1. The molecule has 0 spiro atoms. The van der Waals surface area contributed by atoms with Crippen molar-refractivity contribution in [1.82, 2.24) is 0 Å². The molecular formula is C30H30ClNO5. The number of aliphatic hydroxyl groups excluding tert-OH is 1. The average Bonchev–Trinajstić information content (AvgIpc) is 3.18. The van der Waals surface area contributed by atoms with Crippen LogP contribution in [0.4, 0.5) is 5.69 Å². The number of amides is 1. The minimum atomic E-state index is -0.876. The number of ketones is 1. The van der Waals surface area contributed by atoms with E-state index in [1.54, 1.807) is 73.8 Å². The van der Waals surface area contributed by atoms with Gasteiger partial charge in [-0.25, -0.2) is 0 Å². The zero-order valence-corrected chi connectivity index (χ0v) is 21.9. The van der Waals surface area contributed by atoms with Crippen molar-refractivity contribution in [2.24, 2.45) is 0 Å². The van der Waals surface area contributed by atoms with Crippen molar-refractivity contribution in [3.05, 3.63) is 94.0 Å². The van der Waals surface area contributed by atoms with Gasteiger partial charge in [0.15, 0.2) is 0 Å². The fourth-order valence-corrected chi connectivity index (χ4v) is 4.54. The summed E-state index contributed by atoms with van der Waals surface area (Å²) < 4.78 is 11.1. The highest BCUT2D eigenvalue weighted by Gasteiger charge is 2.47. The van der Waals surface area contributed by atoms with Crippen LogP contribution < -0.4 is 14.4 Å². The summed E-state index contributed by atoms with van der Waals surface area (Å²) in [6.45, 7) is 4.60. The smallest absolute Gasteiger partial charge is 0.300 e. The van der Waals surface area contributed by atoms with Gasteiger partial charge in [0, 0.05) is 16.3 Å². The van der Waals surface area contributed by atoms with Gasteiger partial charge in [0.25, 0.3) is 11.7 Å². The average molecular weight is 520 g/mol. The first kappa shape index (κ1) is 26.3. The van der Waals surface area contributed by atoms with Crippen LogP contribution in [0.25, 0.3) is 5.76 Å². The number of anilines is 1. The molecule has 37 heavy (non-hydrogen) atoms. The molecule has 1 aliphatic rings. The number of aryl methyl sites for hydroxylation is 1. The van der Waals surface area contributed by atoms with Gasteiger partial charge in [0.1, 0.15) is 17.3 Å². The number of hydrogen-bond donors (Lipinski definition) is 1. The van der Waals surface area contributed by atoms with Crippen LogP contribution in [0.1, 0.15) is 48.9 Å². The molecule has 0 bridgehead atoms. The minimum Gasteiger partial charge on any atom is -0.507 e. The first-order chi connectivity index (χ1) is 17.8. The normalized spacial score (nSPS) is 16.8. The second-order valence-corrected chi connectivity index (χ2v) is 9.37. The van der Waals surface area contributed by atoms with E-state index in [-0.39, 0.29) is 11.3 Å². The Morgan fingerprint density at radius 2 is 1.76 bits per heavy atom. The Hall–Kier alpha value is -3.77. The fraction of sp³-hybridized carbons (Fsp3) is 0.267. The maximum Gasteiger partial charge on any atom is 0.300 e. The lowest BCUT2D eigenvalue weighted by Gasteiger charge is -2.26. The monoisotopic (exact) mass is 519 g/mol. The largest absolute Gasteiger partial charge is 0.507 e. The van der Waals surface area contributed by atoms with Crippen LogP contribution in [0.2, 0.25) is 5.02 Å². The number of aliphatic hydroxyl groups is 1. The zero-order chi connectivity index (χ0) is 26.5. The first-order valence-electron chi connectivity index (χ1n) is 12.3. The molecule has 1 unspecified atom stereocenters. The summed E-state index contributed by atoms with van der Waals surface area (Å²) >= 11 is 6.36. The number of nitrogens with zero attached hydrogens (tertiary/aromatic N) is 1. The van der Waals surface area contributed by atoms with Gasteiger partial charge in [-0.1, -0.05) is 49.6 Å². The first-order valence-corrected chi connectivity index (χ1v) is 12.7. The Morgan fingerprint density at radius 3 is 2.43 bits per heavy atom. The molecule has 0 saturated carbocycles. The lowest BCUT2D eigenvalue weighted by Crippen LogP contribution is -2.29. The molecule has 0 radical (unpaired) electrons. The van der Waals surface area contributed by atoms with Gasteiger partial charge in [0.05, 0.1) is 25.3 Å². The van der Waals surface area contributed by atoms with Crippen molar-refractivity contribution in [2.75, 3.05) is 18.6 Å². The Morgan fingerprint density at radius 1 is 1.00 bits per heavy atom. The topological polar surface area (TPSA) is 76.1 Å². The van der Waals surface area contributed by atoms with Crippen LogP contribution in [0, 0.1) is 6.92 Å². The second-order valence-electron chi connectivity index (χ2n) is 8.96. The molecule has 0 aliphatic carbocycles. The molecule has 1 amide bonds. The molecule has 1 fully saturated rings. The van der Waals surface area contributed by atoms with Crippen LogP contribution in [0.3, 0.4) is 0 Å². The molecule has 7 heteroatoms. The number of carbonyl (C=O) groups is 2. The summed E-state index contributed by atoms with van der Waals surface area (Å²) in [5.41, 5.74) is 2.32. The highest BCUT2D eigenvalue weighted by molar-refractivity contribution is 6.51. The van der Waals surface area contributed by atoms with E-state index < -0.39 is 17.7 Å². The summed E-state index contributed by atoms with van der Waals surface area (Å²) in [7, 11) is 1.54. The number of Topliss-reactive ketones (excluding diaryl/α,β-unsaturated/α-hetero) is 1. The highest BCUT2D eigenvalue weighted by Crippen LogP contribution is 2.43. The van der Waals surface area contributed by atoms with Gasteiger partial charge in [-0.05, 0) is 73.0 Å². The molecule has 1 saturated heterocycles. The van der Waals surface area contributed by atoms with Crippen LogP contribution in [0.5, 0.6) is 11.5 Å². The van der Waals surface area contributed by atoms with Gasteiger partial charge < -0.3 is 14.6 Å². The van der Waals surface area contributed by atoms with E-state index in [1.807, 2.05) is 6.92 Å². The number of halogens is 1. The lowest BCUT2D eigenvalue weighted by atomic mass is 9.95. The molecule has 1 heterocycles. The van der Waals surface area contributed by atoms with Crippen molar-refractivity contribution in [3.8, 4) is 11.5 Å². The third kappa shape index (κ3) is 5.49. The van der Waals surface area contributed by atoms with Gasteiger partial charge in [-0.3, -0.25) is 14.5 Å². The molecule has 1 N–H and O–H groups in total. The van der Waals surface area contributed by atoms with Gasteiger partial charge in [-0.15, -0.1) is 0 Å². The Bertz CT molecular complexity index is 1330. The maximum atomic E-state index is 13.4. The number of benzene rings is 3.